The molecule has 6 heteroatoms. The first kappa shape index (κ1) is 14.7. The van der Waals surface area contributed by atoms with Crippen molar-refractivity contribution in [3.05, 3.63) is 27.4 Å². The number of rotatable bonds is 4. The minimum absolute atomic E-state index is 0.0168. The van der Waals surface area contributed by atoms with Gasteiger partial charge in [0, 0.05) is 5.92 Å². The summed E-state index contributed by atoms with van der Waals surface area (Å²) >= 11 is 0. The van der Waals surface area contributed by atoms with E-state index in [0.29, 0.717) is 17.4 Å². The Morgan fingerprint density at radius 3 is 2.55 bits per heavy atom. The lowest BCUT2D eigenvalue weighted by Crippen LogP contribution is -2.52. The van der Waals surface area contributed by atoms with Gasteiger partial charge in [-0.1, -0.05) is 0 Å². The van der Waals surface area contributed by atoms with E-state index in [1.807, 2.05) is 0 Å². The topological polar surface area (TPSA) is 95.1 Å². The third kappa shape index (κ3) is 2.90. The summed E-state index contributed by atoms with van der Waals surface area (Å²) in [6.45, 7) is 6.65. The van der Waals surface area contributed by atoms with Gasteiger partial charge in [-0.25, -0.2) is 4.98 Å². The summed E-state index contributed by atoms with van der Waals surface area (Å²) in [5.74, 6) is 0.482. The summed E-state index contributed by atoms with van der Waals surface area (Å²) in [6, 6.07) is 0. The fourth-order valence-corrected chi connectivity index (χ4v) is 1.88. The van der Waals surface area contributed by atoms with Crippen molar-refractivity contribution in [2.75, 3.05) is 0 Å². The van der Waals surface area contributed by atoms with Crippen LogP contribution in [0.2, 0.25) is 0 Å². The Kier molecular flexibility index (Phi) is 3.69. The van der Waals surface area contributed by atoms with E-state index >= 15 is 0 Å². The molecule has 0 bridgehead atoms. The van der Waals surface area contributed by atoms with Gasteiger partial charge in [-0.2, -0.15) is 0 Å². The van der Waals surface area contributed by atoms with Gasteiger partial charge in [-0.05, 0) is 40.5 Å². The Morgan fingerprint density at radius 1 is 1.50 bits per heavy atom. The van der Waals surface area contributed by atoms with Crippen LogP contribution in [0.5, 0.6) is 0 Å². The summed E-state index contributed by atoms with van der Waals surface area (Å²) in [5.41, 5.74) is -0.790. The van der Waals surface area contributed by atoms with Crippen molar-refractivity contribution in [3.8, 4) is 0 Å². The summed E-state index contributed by atoms with van der Waals surface area (Å²) in [7, 11) is 0. The Morgan fingerprint density at radius 2 is 2.10 bits per heavy atom. The molecule has 6 nitrogen and oxygen atoms in total. The molecule has 1 unspecified atom stereocenters. The molecule has 1 aromatic rings. The van der Waals surface area contributed by atoms with E-state index in [4.69, 9.17) is 0 Å². The Labute approximate surface area is 117 Å². The van der Waals surface area contributed by atoms with Crippen LogP contribution in [0.3, 0.4) is 0 Å². The summed E-state index contributed by atoms with van der Waals surface area (Å²) in [4.78, 5) is 31.3. The second-order valence-corrected chi connectivity index (χ2v) is 6.04. The molecule has 0 aromatic carbocycles. The lowest BCUT2D eigenvalue weighted by molar-refractivity contribution is 0.0707. The van der Waals surface area contributed by atoms with Gasteiger partial charge in [0.05, 0.1) is 17.3 Å². The minimum atomic E-state index is -0.814. The molecule has 1 aromatic heterocycles. The molecule has 0 radical (unpaired) electrons. The molecule has 0 spiro atoms. The molecule has 110 valence electrons. The number of hydrogen-bond acceptors (Lipinski definition) is 4. The zero-order valence-corrected chi connectivity index (χ0v) is 12.3. The monoisotopic (exact) mass is 279 g/mol. The number of aromatic amines is 1. The SMILES string of the molecule is Cc1nc(C2CC2)[nH]c(=O)c1C(=O)NC(C)(C)C(C)O. The molecule has 1 fully saturated rings. The van der Waals surface area contributed by atoms with Crippen LogP contribution in [0, 0.1) is 6.92 Å². The van der Waals surface area contributed by atoms with Gasteiger partial charge < -0.3 is 15.4 Å². The average Bonchev–Trinajstić information content (AvgIpc) is 3.10. The van der Waals surface area contributed by atoms with Crippen molar-refractivity contribution in [1.29, 1.82) is 0 Å². The first-order valence-corrected chi connectivity index (χ1v) is 6.83. The van der Waals surface area contributed by atoms with Crippen molar-refractivity contribution in [2.45, 2.75) is 58.1 Å². The molecule has 3 N–H and O–H groups in total. The van der Waals surface area contributed by atoms with E-state index in [-0.39, 0.29) is 5.56 Å². The Balaban J connectivity index is 2.28. The smallest absolute Gasteiger partial charge is 0.264 e. The fraction of sp³-hybridized carbons (Fsp3) is 0.643. The molecule has 20 heavy (non-hydrogen) atoms. The predicted molar refractivity (Wildman–Crippen MR) is 74.8 cm³/mol. The number of aromatic nitrogens is 2. The highest BCUT2D eigenvalue weighted by Crippen LogP contribution is 2.37. The number of aryl methyl sites for hydroxylation is 1. The number of H-pyrrole nitrogens is 1. The largest absolute Gasteiger partial charge is 0.391 e. The van der Waals surface area contributed by atoms with Crippen molar-refractivity contribution in [2.24, 2.45) is 0 Å². The second kappa shape index (κ2) is 5.01. The standard InChI is InChI=1S/C14H21N3O3/c1-7-10(13(20)17-14(3,4)8(2)18)12(19)16-11(15-7)9-5-6-9/h8-9,18H,5-6H2,1-4H3,(H,17,20)(H,15,16,19). The van der Waals surface area contributed by atoms with Crippen LogP contribution in [0.25, 0.3) is 0 Å². The van der Waals surface area contributed by atoms with Crippen LogP contribution in [0.4, 0.5) is 0 Å². The maximum atomic E-state index is 12.2. The van der Waals surface area contributed by atoms with Crippen molar-refractivity contribution < 1.29 is 9.90 Å². The summed E-state index contributed by atoms with van der Waals surface area (Å²) in [5, 5.41) is 12.3. The highest BCUT2D eigenvalue weighted by atomic mass is 16.3. The number of nitrogens with zero attached hydrogens (tertiary/aromatic N) is 1. The van der Waals surface area contributed by atoms with Gasteiger partial charge in [0.1, 0.15) is 11.4 Å². The van der Waals surface area contributed by atoms with Crippen molar-refractivity contribution in [3.63, 3.8) is 0 Å². The van der Waals surface area contributed by atoms with Crippen LogP contribution in [0.15, 0.2) is 4.79 Å². The highest BCUT2D eigenvalue weighted by molar-refractivity contribution is 5.95. The zero-order chi connectivity index (χ0) is 15.1. The third-order valence-electron chi connectivity index (χ3n) is 3.79. The summed E-state index contributed by atoms with van der Waals surface area (Å²) in [6.07, 6.45) is 1.33. The van der Waals surface area contributed by atoms with E-state index in [1.54, 1.807) is 27.7 Å². The number of carbonyl (C=O) groups is 1. The van der Waals surface area contributed by atoms with Gasteiger partial charge >= 0.3 is 0 Å². The Bertz CT molecular complexity index is 586. The van der Waals surface area contributed by atoms with Gasteiger partial charge in [0.2, 0.25) is 0 Å². The zero-order valence-electron chi connectivity index (χ0n) is 12.3. The van der Waals surface area contributed by atoms with Crippen LogP contribution < -0.4 is 10.9 Å². The van der Waals surface area contributed by atoms with Gasteiger partial charge in [-0.3, -0.25) is 9.59 Å². The molecular weight excluding hydrogens is 258 g/mol. The number of aliphatic hydroxyl groups is 1. The minimum Gasteiger partial charge on any atom is -0.391 e. The molecule has 1 saturated carbocycles. The molecular formula is C14H21N3O3. The van der Waals surface area contributed by atoms with E-state index < -0.39 is 23.1 Å². The van der Waals surface area contributed by atoms with Crippen LogP contribution >= 0.6 is 0 Å². The van der Waals surface area contributed by atoms with E-state index in [9.17, 15) is 14.7 Å². The molecule has 1 amide bonds. The van der Waals surface area contributed by atoms with Crippen LogP contribution in [-0.2, 0) is 0 Å². The fourth-order valence-electron chi connectivity index (χ4n) is 1.88. The molecule has 2 rings (SSSR count). The van der Waals surface area contributed by atoms with Crippen molar-refractivity contribution in [1.82, 2.24) is 15.3 Å². The molecule has 0 aliphatic heterocycles. The number of nitrogens with one attached hydrogen (secondary N) is 2. The average molecular weight is 279 g/mol. The molecule has 0 saturated heterocycles. The quantitative estimate of drug-likeness (QED) is 0.761. The van der Waals surface area contributed by atoms with Crippen LogP contribution in [0.1, 0.15) is 61.4 Å². The number of hydrogen-bond donors (Lipinski definition) is 3. The van der Waals surface area contributed by atoms with Gasteiger partial charge in [-0.15, -0.1) is 0 Å². The third-order valence-corrected chi connectivity index (χ3v) is 3.79. The first-order valence-electron chi connectivity index (χ1n) is 6.83. The predicted octanol–water partition coefficient (Wildman–Crippen LogP) is 0.845. The molecule has 1 aliphatic rings. The normalized spacial score (nSPS) is 16.9. The lowest BCUT2D eigenvalue weighted by atomic mass is 9.98. The van der Waals surface area contributed by atoms with E-state index in [0.717, 1.165) is 12.8 Å². The number of carbonyl (C=O) groups excluding carboxylic acids is 1. The van der Waals surface area contributed by atoms with E-state index in [1.165, 1.54) is 0 Å². The second-order valence-electron chi connectivity index (χ2n) is 6.04. The molecule has 1 aliphatic carbocycles. The maximum absolute atomic E-state index is 12.2. The van der Waals surface area contributed by atoms with Gasteiger partial charge in [0.15, 0.2) is 0 Å². The highest BCUT2D eigenvalue weighted by Gasteiger charge is 2.30. The van der Waals surface area contributed by atoms with Crippen molar-refractivity contribution >= 4 is 5.91 Å². The van der Waals surface area contributed by atoms with Gasteiger partial charge in [0.25, 0.3) is 11.5 Å². The first-order chi connectivity index (χ1) is 9.22. The molecule has 1 atom stereocenters. The summed E-state index contributed by atoms with van der Waals surface area (Å²) < 4.78 is 0. The van der Waals surface area contributed by atoms with E-state index in [2.05, 4.69) is 15.3 Å². The number of amides is 1. The Hall–Kier alpha value is -1.69. The lowest BCUT2D eigenvalue weighted by Gasteiger charge is -2.29. The molecule has 1 heterocycles. The number of aliphatic hydroxyl groups excluding tert-OH is 1. The maximum Gasteiger partial charge on any atom is 0.264 e. The van der Waals surface area contributed by atoms with Crippen LogP contribution in [-0.4, -0.2) is 32.6 Å².